The Kier molecular flexibility index (Phi) is 6.09. The largest absolute Gasteiger partial charge is 0.377 e. The van der Waals surface area contributed by atoms with Gasteiger partial charge in [-0.15, -0.1) is 0 Å². The zero-order valence-electron chi connectivity index (χ0n) is 16.9. The van der Waals surface area contributed by atoms with Crippen LogP contribution >= 0.6 is 0 Å². The third kappa shape index (κ3) is 5.04. The monoisotopic (exact) mass is 406 g/mol. The molecule has 0 spiro atoms. The molecule has 4 rings (SSSR count). The highest BCUT2D eigenvalue weighted by molar-refractivity contribution is 5.95. The van der Waals surface area contributed by atoms with E-state index in [0.717, 1.165) is 32.5 Å². The smallest absolute Gasteiger partial charge is 0.293 e. The number of nitrogens with one attached hydrogen (secondary N) is 1. The van der Waals surface area contributed by atoms with Crippen molar-refractivity contribution in [3.8, 4) is 0 Å². The standard InChI is InChI=1S/C23H26N4O3/c28-23(19-8-11-21(24-20-9-10-20)22(17-19)27(29)30)26-15-13-25(14-16-26)12-4-7-18-5-2-1-3-6-18/h1-8,11,17,20,24H,9-10,12-16H2/b7-4+. The van der Waals surface area contributed by atoms with Gasteiger partial charge in [-0.2, -0.15) is 0 Å². The van der Waals surface area contributed by atoms with Crippen molar-refractivity contribution in [2.45, 2.75) is 18.9 Å². The summed E-state index contributed by atoms with van der Waals surface area (Å²) in [5, 5.41) is 14.6. The van der Waals surface area contributed by atoms with Crippen LogP contribution in [-0.2, 0) is 0 Å². The Morgan fingerprint density at radius 2 is 1.83 bits per heavy atom. The highest BCUT2D eigenvalue weighted by Crippen LogP contribution is 2.31. The lowest BCUT2D eigenvalue weighted by Gasteiger charge is -2.34. The molecule has 2 fully saturated rings. The fourth-order valence-corrected chi connectivity index (χ4v) is 3.60. The second kappa shape index (κ2) is 9.09. The molecule has 1 aliphatic heterocycles. The SMILES string of the molecule is O=C(c1ccc(NC2CC2)c([N+](=O)[O-])c1)N1CCN(C/C=C/c2ccccc2)CC1. The van der Waals surface area contributed by atoms with Crippen LogP contribution in [0, 0.1) is 10.1 Å². The first-order chi connectivity index (χ1) is 14.6. The van der Waals surface area contributed by atoms with E-state index in [1.165, 1.54) is 11.6 Å². The quantitative estimate of drug-likeness (QED) is 0.561. The summed E-state index contributed by atoms with van der Waals surface area (Å²) in [5.74, 6) is -0.143. The maximum Gasteiger partial charge on any atom is 0.293 e. The molecule has 0 atom stereocenters. The topological polar surface area (TPSA) is 78.7 Å². The number of carbonyl (C=O) groups is 1. The second-order valence-corrected chi connectivity index (χ2v) is 7.81. The molecule has 2 aromatic carbocycles. The predicted molar refractivity (Wildman–Crippen MR) is 118 cm³/mol. The molecule has 0 radical (unpaired) electrons. The van der Waals surface area contributed by atoms with E-state index in [4.69, 9.17) is 0 Å². The van der Waals surface area contributed by atoms with E-state index in [9.17, 15) is 14.9 Å². The Labute approximate surface area is 176 Å². The molecule has 1 amide bonds. The lowest BCUT2D eigenvalue weighted by molar-refractivity contribution is -0.384. The Bertz CT molecular complexity index is 933. The van der Waals surface area contributed by atoms with E-state index in [1.807, 2.05) is 18.2 Å². The van der Waals surface area contributed by atoms with Crippen LogP contribution in [0.1, 0.15) is 28.8 Å². The van der Waals surface area contributed by atoms with E-state index in [0.29, 0.717) is 30.4 Å². The van der Waals surface area contributed by atoms with Gasteiger partial charge >= 0.3 is 0 Å². The van der Waals surface area contributed by atoms with Gasteiger partial charge in [0.1, 0.15) is 5.69 Å². The number of amides is 1. The summed E-state index contributed by atoms with van der Waals surface area (Å²) in [7, 11) is 0. The summed E-state index contributed by atoms with van der Waals surface area (Å²) < 4.78 is 0. The van der Waals surface area contributed by atoms with Gasteiger partial charge in [-0.05, 0) is 30.5 Å². The first-order valence-corrected chi connectivity index (χ1v) is 10.4. The zero-order valence-corrected chi connectivity index (χ0v) is 16.9. The van der Waals surface area contributed by atoms with Crippen molar-refractivity contribution in [3.05, 3.63) is 75.8 Å². The van der Waals surface area contributed by atoms with Crippen molar-refractivity contribution in [2.75, 3.05) is 38.0 Å². The summed E-state index contributed by atoms with van der Waals surface area (Å²) in [6.07, 6.45) is 6.31. The summed E-state index contributed by atoms with van der Waals surface area (Å²) in [6, 6.07) is 15.2. The Balaban J connectivity index is 1.33. The first-order valence-electron chi connectivity index (χ1n) is 10.4. The van der Waals surface area contributed by atoms with Crippen molar-refractivity contribution in [1.82, 2.24) is 9.80 Å². The van der Waals surface area contributed by atoms with Crippen LogP contribution in [0.15, 0.2) is 54.6 Å². The fourth-order valence-electron chi connectivity index (χ4n) is 3.60. The molecule has 156 valence electrons. The molecule has 7 nitrogen and oxygen atoms in total. The van der Waals surface area contributed by atoms with Crippen molar-refractivity contribution in [3.63, 3.8) is 0 Å². The molecule has 1 aliphatic carbocycles. The Morgan fingerprint density at radius 3 is 2.50 bits per heavy atom. The maximum atomic E-state index is 12.9. The molecule has 1 saturated carbocycles. The molecular formula is C23H26N4O3. The molecule has 0 aromatic heterocycles. The number of rotatable bonds is 7. The van der Waals surface area contributed by atoms with Gasteiger partial charge in [0.25, 0.3) is 11.6 Å². The Hall–Kier alpha value is -3.19. The molecule has 0 unspecified atom stereocenters. The molecule has 1 heterocycles. The van der Waals surface area contributed by atoms with Crippen molar-refractivity contribution in [2.24, 2.45) is 0 Å². The zero-order chi connectivity index (χ0) is 20.9. The fraction of sp³-hybridized carbons (Fsp3) is 0.348. The average molecular weight is 406 g/mol. The number of nitro benzene ring substituents is 1. The van der Waals surface area contributed by atoms with Crippen molar-refractivity contribution >= 4 is 23.4 Å². The average Bonchev–Trinajstić information content (AvgIpc) is 3.59. The molecule has 0 bridgehead atoms. The number of benzene rings is 2. The van der Waals surface area contributed by atoms with Gasteiger partial charge in [0, 0.05) is 50.4 Å². The molecule has 1 N–H and O–H groups in total. The number of carbonyl (C=O) groups excluding carboxylic acids is 1. The van der Waals surface area contributed by atoms with Gasteiger partial charge in [0.2, 0.25) is 0 Å². The number of nitro groups is 1. The van der Waals surface area contributed by atoms with Crippen LogP contribution in [0.3, 0.4) is 0 Å². The lowest BCUT2D eigenvalue weighted by Crippen LogP contribution is -2.48. The highest BCUT2D eigenvalue weighted by atomic mass is 16.6. The number of nitrogens with zero attached hydrogens (tertiary/aromatic N) is 3. The number of hydrogen-bond acceptors (Lipinski definition) is 5. The van der Waals surface area contributed by atoms with Gasteiger partial charge in [0.05, 0.1) is 4.92 Å². The maximum absolute atomic E-state index is 12.9. The number of hydrogen-bond donors (Lipinski definition) is 1. The molecule has 30 heavy (non-hydrogen) atoms. The highest BCUT2D eigenvalue weighted by Gasteiger charge is 2.27. The van der Waals surface area contributed by atoms with Crippen LogP contribution < -0.4 is 5.32 Å². The van der Waals surface area contributed by atoms with Crippen LogP contribution in [0.25, 0.3) is 6.08 Å². The third-order valence-electron chi connectivity index (χ3n) is 5.51. The summed E-state index contributed by atoms with van der Waals surface area (Å²) in [6.45, 7) is 3.65. The molecule has 2 aliphatic rings. The minimum atomic E-state index is -0.418. The van der Waals surface area contributed by atoms with Gasteiger partial charge in [-0.3, -0.25) is 19.8 Å². The van der Waals surface area contributed by atoms with Crippen molar-refractivity contribution in [1.29, 1.82) is 0 Å². The van der Waals surface area contributed by atoms with Crippen molar-refractivity contribution < 1.29 is 9.72 Å². The van der Waals surface area contributed by atoms with Gasteiger partial charge in [0.15, 0.2) is 0 Å². The van der Waals surface area contributed by atoms with Crippen LogP contribution in [0.4, 0.5) is 11.4 Å². The van der Waals surface area contributed by atoms with Crippen LogP contribution in [0.5, 0.6) is 0 Å². The van der Waals surface area contributed by atoms with Gasteiger partial charge in [-0.1, -0.05) is 42.5 Å². The van der Waals surface area contributed by atoms with Gasteiger partial charge < -0.3 is 10.2 Å². The molecule has 1 saturated heterocycles. The summed E-state index contributed by atoms with van der Waals surface area (Å²) >= 11 is 0. The summed E-state index contributed by atoms with van der Waals surface area (Å²) in [4.78, 5) is 28.0. The van der Waals surface area contributed by atoms with E-state index in [1.54, 1.807) is 17.0 Å². The first kappa shape index (κ1) is 20.1. The van der Waals surface area contributed by atoms with Crippen LogP contribution in [-0.4, -0.2) is 59.4 Å². The second-order valence-electron chi connectivity index (χ2n) is 7.81. The number of anilines is 1. The van der Waals surface area contributed by atoms with E-state index in [2.05, 4.69) is 34.5 Å². The van der Waals surface area contributed by atoms with E-state index < -0.39 is 4.92 Å². The molecular weight excluding hydrogens is 380 g/mol. The minimum Gasteiger partial charge on any atom is -0.377 e. The normalized spacial score (nSPS) is 17.3. The number of piperazine rings is 1. The Morgan fingerprint density at radius 1 is 1.10 bits per heavy atom. The van der Waals surface area contributed by atoms with Gasteiger partial charge in [-0.25, -0.2) is 0 Å². The third-order valence-corrected chi connectivity index (χ3v) is 5.51. The molecule has 2 aromatic rings. The predicted octanol–water partition coefficient (Wildman–Crippen LogP) is 3.64. The van der Waals surface area contributed by atoms with E-state index >= 15 is 0 Å². The minimum absolute atomic E-state index is 0.0302. The summed E-state index contributed by atoms with van der Waals surface area (Å²) in [5.41, 5.74) is 2.01. The lowest BCUT2D eigenvalue weighted by atomic mass is 10.1. The van der Waals surface area contributed by atoms with Crippen LogP contribution in [0.2, 0.25) is 0 Å². The van der Waals surface area contributed by atoms with E-state index in [-0.39, 0.29) is 11.6 Å². The molecule has 7 heteroatoms.